The van der Waals surface area contributed by atoms with Gasteiger partial charge in [-0.25, -0.2) is 5.43 Å². The van der Waals surface area contributed by atoms with Crippen LogP contribution in [0.3, 0.4) is 0 Å². The van der Waals surface area contributed by atoms with E-state index in [1.165, 1.54) is 0 Å². The Bertz CT molecular complexity index is 627. The lowest BCUT2D eigenvalue weighted by atomic mass is 10.2. The molecule has 4 nitrogen and oxygen atoms in total. The van der Waals surface area contributed by atoms with E-state index in [-0.39, 0.29) is 12.5 Å². The molecule has 0 heterocycles. The van der Waals surface area contributed by atoms with E-state index < -0.39 is 0 Å². The molecule has 0 aliphatic rings. The van der Waals surface area contributed by atoms with Crippen LogP contribution >= 0.6 is 38.5 Å². The van der Waals surface area contributed by atoms with Crippen molar-refractivity contribution in [3.8, 4) is 5.75 Å². The molecule has 0 radical (unpaired) electrons. The summed E-state index contributed by atoms with van der Waals surface area (Å²) >= 11 is 5.56. The highest BCUT2D eigenvalue weighted by atomic mass is 127. The minimum Gasteiger partial charge on any atom is -0.484 e. The summed E-state index contributed by atoms with van der Waals surface area (Å²) in [7, 11) is 0. The van der Waals surface area contributed by atoms with E-state index >= 15 is 0 Å². The highest BCUT2D eigenvalue weighted by Crippen LogP contribution is 2.15. The van der Waals surface area contributed by atoms with Gasteiger partial charge in [-0.3, -0.25) is 4.79 Å². The van der Waals surface area contributed by atoms with Crippen LogP contribution in [0.1, 0.15) is 5.56 Å². The predicted octanol–water partition coefficient (Wildman–Crippen LogP) is 3.58. The van der Waals surface area contributed by atoms with Gasteiger partial charge in [0.05, 0.1) is 6.21 Å². The van der Waals surface area contributed by atoms with Gasteiger partial charge in [-0.1, -0.05) is 28.1 Å². The number of amides is 1. The van der Waals surface area contributed by atoms with Gasteiger partial charge in [0.2, 0.25) is 0 Å². The topological polar surface area (TPSA) is 50.7 Å². The van der Waals surface area contributed by atoms with Gasteiger partial charge in [-0.2, -0.15) is 5.10 Å². The molecule has 2 aromatic rings. The summed E-state index contributed by atoms with van der Waals surface area (Å²) in [6.45, 7) is -0.0777. The van der Waals surface area contributed by atoms with Gasteiger partial charge < -0.3 is 4.74 Å². The predicted molar refractivity (Wildman–Crippen MR) is 94.5 cm³/mol. The monoisotopic (exact) mass is 458 g/mol. The van der Waals surface area contributed by atoms with Crippen molar-refractivity contribution in [2.75, 3.05) is 6.61 Å². The van der Waals surface area contributed by atoms with Crippen molar-refractivity contribution in [2.24, 2.45) is 5.10 Å². The maximum absolute atomic E-state index is 11.6. The second-order valence-corrected chi connectivity index (χ2v) is 6.25. The molecular formula is C15H12BrIN2O2. The Balaban J connectivity index is 1.77. The Labute approximate surface area is 144 Å². The molecule has 1 N–H and O–H groups in total. The Kier molecular flexibility index (Phi) is 6.19. The molecule has 2 rings (SSSR count). The molecule has 0 spiro atoms. The average Bonchev–Trinajstić information content (AvgIpc) is 2.49. The van der Waals surface area contributed by atoms with Crippen molar-refractivity contribution in [1.82, 2.24) is 5.43 Å². The molecule has 0 saturated carbocycles. The third-order valence-electron chi connectivity index (χ3n) is 2.46. The third-order valence-corrected chi connectivity index (χ3v) is 3.70. The molecule has 0 aromatic heterocycles. The lowest BCUT2D eigenvalue weighted by Crippen LogP contribution is -2.24. The number of halogens is 2. The van der Waals surface area contributed by atoms with Crippen LogP contribution in [0.5, 0.6) is 5.75 Å². The number of nitrogens with one attached hydrogen (secondary N) is 1. The smallest absolute Gasteiger partial charge is 0.277 e. The standard InChI is InChI=1S/C15H12BrIN2O2/c16-12-3-7-14(8-4-12)21-10-15(20)19-18-9-11-1-5-13(17)6-2-11/h1-9H,10H2,(H,19,20)/b18-9+. The van der Waals surface area contributed by atoms with Crippen molar-refractivity contribution in [2.45, 2.75) is 0 Å². The van der Waals surface area contributed by atoms with Crippen LogP contribution in [-0.2, 0) is 4.79 Å². The first-order valence-corrected chi connectivity index (χ1v) is 7.96. The molecule has 108 valence electrons. The zero-order valence-corrected chi connectivity index (χ0v) is 14.7. The second-order valence-electron chi connectivity index (χ2n) is 4.09. The van der Waals surface area contributed by atoms with Gasteiger partial charge in [-0.05, 0) is 64.6 Å². The Hall–Kier alpha value is -1.41. The number of hydrazone groups is 1. The highest BCUT2D eigenvalue weighted by Gasteiger charge is 2.01. The van der Waals surface area contributed by atoms with Gasteiger partial charge in [0, 0.05) is 8.04 Å². The van der Waals surface area contributed by atoms with Crippen LogP contribution in [0.15, 0.2) is 58.1 Å². The number of rotatable bonds is 5. The number of ether oxygens (including phenoxy) is 1. The maximum atomic E-state index is 11.6. The molecule has 0 bridgehead atoms. The number of carbonyl (C=O) groups is 1. The van der Waals surface area contributed by atoms with E-state index in [4.69, 9.17) is 4.74 Å². The zero-order chi connectivity index (χ0) is 15.1. The van der Waals surface area contributed by atoms with Crippen LogP contribution in [0.25, 0.3) is 0 Å². The minimum absolute atomic E-state index is 0.0777. The van der Waals surface area contributed by atoms with Crippen LogP contribution < -0.4 is 10.2 Å². The first-order valence-electron chi connectivity index (χ1n) is 6.09. The Morgan fingerprint density at radius 2 is 1.86 bits per heavy atom. The molecule has 0 atom stereocenters. The largest absolute Gasteiger partial charge is 0.484 e. The minimum atomic E-state index is -0.306. The number of hydrogen-bond donors (Lipinski definition) is 1. The molecule has 0 fully saturated rings. The van der Waals surface area contributed by atoms with E-state index in [1.54, 1.807) is 18.3 Å². The summed E-state index contributed by atoms with van der Waals surface area (Å²) in [6, 6.07) is 15.1. The molecule has 0 saturated heterocycles. The van der Waals surface area contributed by atoms with Crippen molar-refractivity contribution in [1.29, 1.82) is 0 Å². The van der Waals surface area contributed by atoms with Crippen LogP contribution in [-0.4, -0.2) is 18.7 Å². The lowest BCUT2D eigenvalue weighted by Gasteiger charge is -2.04. The lowest BCUT2D eigenvalue weighted by molar-refractivity contribution is -0.123. The third kappa shape index (κ3) is 5.84. The van der Waals surface area contributed by atoms with Gasteiger partial charge in [0.1, 0.15) is 5.75 Å². The molecule has 0 aliphatic carbocycles. The molecule has 0 unspecified atom stereocenters. The van der Waals surface area contributed by atoms with E-state index in [0.29, 0.717) is 5.75 Å². The highest BCUT2D eigenvalue weighted by molar-refractivity contribution is 14.1. The first-order chi connectivity index (χ1) is 10.1. The summed E-state index contributed by atoms with van der Waals surface area (Å²) in [6.07, 6.45) is 1.59. The van der Waals surface area contributed by atoms with Gasteiger partial charge >= 0.3 is 0 Å². The van der Waals surface area contributed by atoms with Crippen molar-refractivity contribution in [3.05, 3.63) is 62.1 Å². The number of hydrogen-bond acceptors (Lipinski definition) is 3. The normalized spacial score (nSPS) is 10.6. The van der Waals surface area contributed by atoms with Crippen molar-refractivity contribution < 1.29 is 9.53 Å². The first kappa shape index (κ1) is 16.0. The summed E-state index contributed by atoms with van der Waals surface area (Å²) in [5, 5.41) is 3.88. The van der Waals surface area contributed by atoms with Gasteiger partial charge in [0.15, 0.2) is 6.61 Å². The molecule has 2 aromatic carbocycles. The zero-order valence-electron chi connectivity index (χ0n) is 10.9. The SMILES string of the molecule is O=C(COc1ccc(Br)cc1)N/N=C/c1ccc(I)cc1. The maximum Gasteiger partial charge on any atom is 0.277 e. The number of benzene rings is 2. The molecule has 21 heavy (non-hydrogen) atoms. The Morgan fingerprint density at radius 3 is 2.52 bits per heavy atom. The second kappa shape index (κ2) is 8.14. The average molecular weight is 459 g/mol. The van der Waals surface area contributed by atoms with Crippen LogP contribution in [0, 0.1) is 3.57 Å². The summed E-state index contributed by atoms with van der Waals surface area (Å²) < 4.78 is 7.44. The molecule has 0 aliphatic heterocycles. The summed E-state index contributed by atoms with van der Waals surface area (Å²) in [5.41, 5.74) is 3.34. The van der Waals surface area contributed by atoms with E-state index in [9.17, 15) is 4.79 Å². The fourth-order valence-electron chi connectivity index (χ4n) is 1.44. The summed E-state index contributed by atoms with van der Waals surface area (Å²) in [5.74, 6) is 0.328. The van der Waals surface area contributed by atoms with E-state index in [1.807, 2.05) is 36.4 Å². The molecule has 6 heteroatoms. The van der Waals surface area contributed by atoms with Gasteiger partial charge in [-0.15, -0.1) is 0 Å². The molecule has 1 amide bonds. The number of carbonyl (C=O) groups excluding carboxylic acids is 1. The number of nitrogens with zero attached hydrogens (tertiary/aromatic N) is 1. The van der Waals surface area contributed by atoms with Crippen LogP contribution in [0.4, 0.5) is 0 Å². The molecular weight excluding hydrogens is 447 g/mol. The van der Waals surface area contributed by atoms with Crippen molar-refractivity contribution >= 4 is 50.6 Å². The fourth-order valence-corrected chi connectivity index (χ4v) is 2.06. The van der Waals surface area contributed by atoms with Crippen LogP contribution in [0.2, 0.25) is 0 Å². The van der Waals surface area contributed by atoms with E-state index in [2.05, 4.69) is 49.0 Å². The fraction of sp³-hybridized carbons (Fsp3) is 0.0667. The van der Waals surface area contributed by atoms with Gasteiger partial charge in [0.25, 0.3) is 5.91 Å². The van der Waals surface area contributed by atoms with E-state index in [0.717, 1.165) is 13.6 Å². The quantitative estimate of drug-likeness (QED) is 0.423. The van der Waals surface area contributed by atoms with Crippen molar-refractivity contribution in [3.63, 3.8) is 0 Å². The summed E-state index contributed by atoms with van der Waals surface area (Å²) in [4.78, 5) is 11.6. The Morgan fingerprint density at radius 1 is 1.19 bits per heavy atom.